The van der Waals surface area contributed by atoms with Crippen LogP contribution in [0.4, 0.5) is 10.1 Å². The van der Waals surface area contributed by atoms with Gasteiger partial charge in [-0.3, -0.25) is 4.79 Å². The second-order valence-electron chi connectivity index (χ2n) is 2.50. The molecule has 0 saturated heterocycles. The van der Waals surface area contributed by atoms with Gasteiger partial charge in [0.2, 0.25) is 0 Å². The number of halogens is 1. The average Bonchev–Trinajstić information content (AvgIpc) is 2.04. The zero-order valence-electron chi connectivity index (χ0n) is 7.97. The third kappa shape index (κ3) is 3.48. The van der Waals surface area contributed by atoms with E-state index in [4.69, 9.17) is 0 Å². The molecule has 64 valence electrons. The van der Waals surface area contributed by atoms with E-state index in [1.54, 1.807) is 20.0 Å². The molecule has 1 rings (SSSR count). The zero-order chi connectivity index (χ0) is 9.14. The Morgan fingerprint density at radius 3 is 2.46 bits per heavy atom. The van der Waals surface area contributed by atoms with E-state index in [0.717, 1.165) is 11.3 Å². The molecule has 13 heavy (non-hydrogen) atoms. The minimum absolute atomic E-state index is 0. The summed E-state index contributed by atoms with van der Waals surface area (Å²) in [7, 11) is 1.65. The van der Waals surface area contributed by atoms with Crippen molar-refractivity contribution in [2.45, 2.75) is 6.92 Å². The second-order valence-corrected chi connectivity index (χ2v) is 2.50. The van der Waals surface area contributed by atoms with Crippen molar-refractivity contribution in [1.82, 2.24) is 0 Å². The van der Waals surface area contributed by atoms with Crippen LogP contribution in [0.25, 0.3) is 5.32 Å². The smallest absolute Gasteiger partial charge is 0.687 e. The standard InChI is InChI=1S/C9H10FNO.K/c1-6-5-7(9(10)12)3-4-8(6)11-2;/h3-5H,1-2H3,(H,11,12);/q;+1/p-1. The summed E-state index contributed by atoms with van der Waals surface area (Å²) in [4.78, 5) is 10.3. The van der Waals surface area contributed by atoms with Crippen LogP contribution in [0.2, 0.25) is 0 Å². The summed E-state index contributed by atoms with van der Waals surface area (Å²) in [5, 5.41) is 3.94. The van der Waals surface area contributed by atoms with Gasteiger partial charge < -0.3 is 5.32 Å². The summed E-state index contributed by atoms with van der Waals surface area (Å²) < 4.78 is 12.2. The van der Waals surface area contributed by atoms with E-state index >= 15 is 0 Å². The molecule has 0 aliphatic carbocycles. The van der Waals surface area contributed by atoms with Crippen molar-refractivity contribution >= 4 is 11.7 Å². The number of hydrogen-bond donors (Lipinski definition) is 0. The fraction of sp³-hybridized carbons (Fsp3) is 0.222. The molecule has 1 aromatic carbocycles. The Labute approximate surface area is 119 Å². The van der Waals surface area contributed by atoms with Crippen LogP contribution >= 0.6 is 0 Å². The van der Waals surface area contributed by atoms with Crippen molar-refractivity contribution in [1.29, 1.82) is 0 Å². The molecule has 0 saturated carbocycles. The molecule has 0 fully saturated rings. The number of nitrogens with zero attached hydrogens (tertiary/aromatic N) is 1. The summed E-state index contributed by atoms with van der Waals surface area (Å²) in [5.74, 6) is 0. The van der Waals surface area contributed by atoms with Crippen molar-refractivity contribution in [2.75, 3.05) is 7.05 Å². The fourth-order valence-electron chi connectivity index (χ4n) is 1.03. The van der Waals surface area contributed by atoms with Gasteiger partial charge in [-0.05, 0) is 19.1 Å². The summed E-state index contributed by atoms with van der Waals surface area (Å²) in [6.07, 6.45) is 0. The molecule has 0 amide bonds. The van der Waals surface area contributed by atoms with Gasteiger partial charge in [-0.25, -0.2) is 0 Å². The van der Waals surface area contributed by atoms with Gasteiger partial charge in [-0.2, -0.15) is 4.39 Å². The van der Waals surface area contributed by atoms with E-state index < -0.39 is 6.04 Å². The first-order valence-electron chi connectivity index (χ1n) is 3.55. The van der Waals surface area contributed by atoms with Crippen molar-refractivity contribution in [3.8, 4) is 0 Å². The number of rotatable bonds is 2. The van der Waals surface area contributed by atoms with E-state index in [9.17, 15) is 9.18 Å². The molecule has 0 spiro atoms. The number of hydrogen-bond acceptors (Lipinski definition) is 1. The number of benzene rings is 1. The molecule has 0 N–H and O–H groups in total. The van der Waals surface area contributed by atoms with Gasteiger partial charge in [0.25, 0.3) is 0 Å². The molecule has 0 unspecified atom stereocenters. The molecule has 2 nitrogen and oxygen atoms in total. The number of aryl methyl sites for hydroxylation is 1. The monoisotopic (exact) mass is 205 g/mol. The maximum atomic E-state index is 12.2. The van der Waals surface area contributed by atoms with Gasteiger partial charge in [0.15, 0.2) is 0 Å². The Morgan fingerprint density at radius 1 is 1.46 bits per heavy atom. The first-order chi connectivity index (χ1) is 5.65. The van der Waals surface area contributed by atoms with Gasteiger partial charge >= 0.3 is 57.4 Å². The molecule has 4 heteroatoms. The minimum Gasteiger partial charge on any atom is -0.687 e. The van der Waals surface area contributed by atoms with Crippen molar-refractivity contribution < 1.29 is 60.6 Å². The molecule has 0 radical (unpaired) electrons. The molecule has 0 aliphatic heterocycles. The largest absolute Gasteiger partial charge is 1.00 e. The molecule has 0 aromatic heterocycles. The number of carbonyl (C=O) groups is 1. The molecule has 0 aliphatic rings. The Morgan fingerprint density at radius 2 is 2.08 bits per heavy atom. The maximum absolute atomic E-state index is 12.2. The summed E-state index contributed by atoms with van der Waals surface area (Å²) in [6.45, 7) is 1.79. The number of carbonyl (C=O) groups excluding carboxylic acids is 1. The molecular weight excluding hydrogens is 196 g/mol. The van der Waals surface area contributed by atoms with Gasteiger partial charge in [0.1, 0.15) is 0 Å². The Bertz CT molecular complexity index is 314. The van der Waals surface area contributed by atoms with Gasteiger partial charge in [-0.15, -0.1) is 12.7 Å². The predicted molar refractivity (Wildman–Crippen MR) is 45.6 cm³/mol. The summed E-state index contributed by atoms with van der Waals surface area (Å²) in [5.41, 5.74) is 1.67. The van der Waals surface area contributed by atoms with Crippen LogP contribution in [0, 0.1) is 6.92 Å². The average molecular weight is 205 g/mol. The van der Waals surface area contributed by atoms with Crippen LogP contribution in [0.5, 0.6) is 0 Å². The van der Waals surface area contributed by atoms with Crippen LogP contribution in [-0.4, -0.2) is 13.1 Å². The topological polar surface area (TPSA) is 31.2 Å². The van der Waals surface area contributed by atoms with E-state index in [1.165, 1.54) is 12.1 Å². The van der Waals surface area contributed by atoms with Crippen LogP contribution in [0.3, 0.4) is 0 Å². The van der Waals surface area contributed by atoms with E-state index in [1.807, 2.05) is 0 Å². The normalized spacial score (nSPS) is 8.85. The SMILES string of the molecule is C[N-]c1ccc(C(=O)F)cc1C.[K+]. The molecule has 1 aromatic rings. The summed E-state index contributed by atoms with van der Waals surface area (Å²) >= 11 is 0. The van der Waals surface area contributed by atoms with Gasteiger partial charge in [-0.1, -0.05) is 11.6 Å². The molecule has 0 atom stereocenters. The zero-order valence-corrected chi connectivity index (χ0v) is 11.1. The minimum atomic E-state index is -1.40. The third-order valence-corrected chi connectivity index (χ3v) is 1.66. The molecule has 0 heterocycles. The van der Waals surface area contributed by atoms with Crippen molar-refractivity contribution in [2.24, 2.45) is 0 Å². The summed E-state index contributed by atoms with van der Waals surface area (Å²) in [6, 6.07) is 3.14. The molecule has 0 bridgehead atoms. The third-order valence-electron chi connectivity index (χ3n) is 1.66. The van der Waals surface area contributed by atoms with Crippen molar-refractivity contribution in [3.05, 3.63) is 34.6 Å². The van der Waals surface area contributed by atoms with Gasteiger partial charge in [0.05, 0.1) is 5.56 Å². The molecular formula is C9H9FKNO. The van der Waals surface area contributed by atoms with Crippen LogP contribution in [-0.2, 0) is 0 Å². The van der Waals surface area contributed by atoms with E-state index in [-0.39, 0.29) is 56.9 Å². The van der Waals surface area contributed by atoms with Crippen molar-refractivity contribution in [3.63, 3.8) is 0 Å². The predicted octanol–water partition coefficient (Wildman–Crippen LogP) is -0.256. The Hall–Kier alpha value is 0.256. The Kier molecular flexibility index (Phi) is 5.99. The second kappa shape index (κ2) is 5.88. The quantitative estimate of drug-likeness (QED) is 0.483. The first-order valence-corrected chi connectivity index (χ1v) is 3.55. The Balaban J connectivity index is 0.00000144. The first kappa shape index (κ1) is 13.3. The van der Waals surface area contributed by atoms with Crippen LogP contribution in [0.1, 0.15) is 15.9 Å². The van der Waals surface area contributed by atoms with Crippen LogP contribution in [0.15, 0.2) is 18.2 Å². The van der Waals surface area contributed by atoms with E-state index in [2.05, 4.69) is 5.32 Å². The maximum Gasteiger partial charge on any atom is 1.00 e. The van der Waals surface area contributed by atoms with E-state index in [0.29, 0.717) is 0 Å². The fourth-order valence-corrected chi connectivity index (χ4v) is 1.03. The van der Waals surface area contributed by atoms with Crippen LogP contribution < -0.4 is 51.4 Å². The van der Waals surface area contributed by atoms with Gasteiger partial charge in [0, 0.05) is 0 Å².